The van der Waals surface area contributed by atoms with Gasteiger partial charge in [0, 0.05) is 44.8 Å². The smallest absolute Gasteiger partial charge is 0.0195 e. The summed E-state index contributed by atoms with van der Waals surface area (Å²) in [4.78, 5) is 5.21. The fourth-order valence-electron chi connectivity index (χ4n) is 2.69. The van der Waals surface area contributed by atoms with Crippen LogP contribution in [-0.4, -0.2) is 61.2 Å². The third-order valence-corrected chi connectivity index (χ3v) is 3.78. The molecule has 2 fully saturated rings. The van der Waals surface area contributed by atoms with E-state index in [4.69, 9.17) is 0 Å². The highest BCUT2D eigenvalue weighted by atomic mass is 15.3. The molecule has 0 spiro atoms. The van der Waals surface area contributed by atoms with E-state index < -0.39 is 0 Å². The van der Waals surface area contributed by atoms with E-state index in [1.807, 2.05) is 0 Å². The van der Waals surface area contributed by atoms with Crippen molar-refractivity contribution >= 4 is 0 Å². The van der Waals surface area contributed by atoms with Crippen molar-refractivity contribution < 1.29 is 0 Å². The van der Waals surface area contributed by atoms with Gasteiger partial charge < -0.3 is 5.32 Å². The first-order valence-corrected chi connectivity index (χ1v) is 6.45. The lowest BCUT2D eigenvalue weighted by molar-refractivity contribution is 0.103. The van der Waals surface area contributed by atoms with Crippen LogP contribution in [0.3, 0.4) is 0 Å². The first kappa shape index (κ1) is 11.4. The number of rotatable bonds is 3. The summed E-state index contributed by atoms with van der Waals surface area (Å²) in [5.41, 5.74) is 0. The maximum Gasteiger partial charge on any atom is 0.0195 e. The number of nitrogens with zero attached hydrogens (tertiary/aromatic N) is 2. The SMILES string of the molecule is CC(C)N1CCN(C[C@@H]2CCCN2)CC1. The predicted molar refractivity (Wildman–Crippen MR) is 64.2 cm³/mol. The third-order valence-electron chi connectivity index (χ3n) is 3.78. The van der Waals surface area contributed by atoms with Gasteiger partial charge in [0.05, 0.1) is 0 Å². The minimum Gasteiger partial charge on any atom is -0.313 e. The predicted octanol–water partition coefficient (Wildman–Crippen LogP) is 0.764. The lowest BCUT2D eigenvalue weighted by Crippen LogP contribution is -2.51. The zero-order valence-corrected chi connectivity index (χ0v) is 10.2. The maximum absolute atomic E-state index is 3.58. The van der Waals surface area contributed by atoms with Crippen LogP contribution in [0.15, 0.2) is 0 Å². The number of hydrogen-bond donors (Lipinski definition) is 1. The molecule has 0 unspecified atom stereocenters. The molecule has 0 aliphatic carbocycles. The monoisotopic (exact) mass is 211 g/mol. The molecule has 2 saturated heterocycles. The van der Waals surface area contributed by atoms with Gasteiger partial charge in [-0.15, -0.1) is 0 Å². The van der Waals surface area contributed by atoms with Crippen molar-refractivity contribution in [3.8, 4) is 0 Å². The summed E-state index contributed by atoms with van der Waals surface area (Å²) in [6.07, 6.45) is 2.75. The average Bonchev–Trinajstić information content (AvgIpc) is 2.71. The van der Waals surface area contributed by atoms with Crippen LogP contribution in [0.25, 0.3) is 0 Å². The van der Waals surface area contributed by atoms with Crippen LogP contribution in [0.5, 0.6) is 0 Å². The first-order chi connectivity index (χ1) is 7.25. The first-order valence-electron chi connectivity index (χ1n) is 6.45. The molecule has 0 aromatic rings. The van der Waals surface area contributed by atoms with Gasteiger partial charge >= 0.3 is 0 Å². The molecule has 0 saturated carbocycles. The molecule has 2 aliphatic rings. The van der Waals surface area contributed by atoms with Crippen molar-refractivity contribution in [3.63, 3.8) is 0 Å². The molecule has 1 N–H and O–H groups in total. The second-order valence-corrected chi connectivity index (χ2v) is 5.22. The Labute approximate surface area is 93.8 Å². The van der Waals surface area contributed by atoms with Crippen molar-refractivity contribution in [1.29, 1.82) is 0 Å². The van der Waals surface area contributed by atoms with Crippen LogP contribution in [0.1, 0.15) is 26.7 Å². The van der Waals surface area contributed by atoms with Gasteiger partial charge in [0.25, 0.3) is 0 Å². The molecule has 3 heteroatoms. The summed E-state index contributed by atoms with van der Waals surface area (Å²) in [5.74, 6) is 0. The molecule has 0 aromatic heterocycles. The molecule has 2 rings (SSSR count). The molecule has 1 atom stereocenters. The molecule has 88 valence electrons. The topological polar surface area (TPSA) is 18.5 Å². The highest BCUT2D eigenvalue weighted by Crippen LogP contribution is 2.10. The van der Waals surface area contributed by atoms with E-state index in [1.165, 1.54) is 52.1 Å². The standard InChI is InChI=1S/C12H25N3/c1-11(2)15-8-6-14(7-9-15)10-12-4-3-5-13-12/h11-13H,3-10H2,1-2H3/t12-/m0/s1. The number of nitrogens with one attached hydrogen (secondary N) is 1. The van der Waals surface area contributed by atoms with E-state index in [1.54, 1.807) is 0 Å². The molecule has 0 bridgehead atoms. The van der Waals surface area contributed by atoms with Gasteiger partial charge in [-0.05, 0) is 33.2 Å². The van der Waals surface area contributed by atoms with E-state index in [0.717, 1.165) is 12.1 Å². The molecule has 2 aliphatic heterocycles. The minimum atomic E-state index is 0.719. The van der Waals surface area contributed by atoms with E-state index in [-0.39, 0.29) is 0 Å². The molecule has 0 radical (unpaired) electrons. The lowest BCUT2D eigenvalue weighted by atomic mass is 10.2. The van der Waals surface area contributed by atoms with Gasteiger partial charge in [-0.25, -0.2) is 0 Å². The van der Waals surface area contributed by atoms with Gasteiger partial charge in [0.2, 0.25) is 0 Å². The summed E-state index contributed by atoms with van der Waals surface area (Å²) in [5, 5.41) is 3.58. The fourth-order valence-corrected chi connectivity index (χ4v) is 2.69. The van der Waals surface area contributed by atoms with Crippen molar-refractivity contribution in [1.82, 2.24) is 15.1 Å². The lowest BCUT2D eigenvalue weighted by Gasteiger charge is -2.37. The summed E-state index contributed by atoms with van der Waals surface area (Å²) >= 11 is 0. The van der Waals surface area contributed by atoms with Crippen LogP contribution in [-0.2, 0) is 0 Å². The van der Waals surface area contributed by atoms with Crippen molar-refractivity contribution in [3.05, 3.63) is 0 Å². The Morgan fingerprint density at radius 3 is 2.47 bits per heavy atom. The van der Waals surface area contributed by atoms with Crippen molar-refractivity contribution in [2.45, 2.75) is 38.8 Å². The highest BCUT2D eigenvalue weighted by Gasteiger charge is 2.22. The molecular formula is C12H25N3. The highest BCUT2D eigenvalue weighted by molar-refractivity contribution is 4.81. The van der Waals surface area contributed by atoms with Crippen LogP contribution in [0, 0.1) is 0 Å². The summed E-state index contributed by atoms with van der Waals surface area (Å²) < 4.78 is 0. The van der Waals surface area contributed by atoms with E-state index in [2.05, 4.69) is 29.0 Å². The fraction of sp³-hybridized carbons (Fsp3) is 1.00. The molecule has 3 nitrogen and oxygen atoms in total. The van der Waals surface area contributed by atoms with E-state index in [0.29, 0.717) is 0 Å². The molecule has 15 heavy (non-hydrogen) atoms. The van der Waals surface area contributed by atoms with Crippen molar-refractivity contribution in [2.75, 3.05) is 39.3 Å². The van der Waals surface area contributed by atoms with Gasteiger partial charge in [-0.2, -0.15) is 0 Å². The Morgan fingerprint density at radius 2 is 1.93 bits per heavy atom. The molecular weight excluding hydrogens is 186 g/mol. The van der Waals surface area contributed by atoms with Gasteiger partial charge in [-0.3, -0.25) is 9.80 Å². The Kier molecular flexibility index (Phi) is 4.00. The normalized spacial score (nSPS) is 30.2. The van der Waals surface area contributed by atoms with Crippen molar-refractivity contribution in [2.24, 2.45) is 0 Å². The number of hydrogen-bond acceptors (Lipinski definition) is 3. The Morgan fingerprint density at radius 1 is 1.20 bits per heavy atom. The zero-order valence-electron chi connectivity index (χ0n) is 10.2. The van der Waals surface area contributed by atoms with E-state index >= 15 is 0 Å². The number of piperazine rings is 1. The minimum absolute atomic E-state index is 0.719. The largest absolute Gasteiger partial charge is 0.313 e. The second kappa shape index (κ2) is 5.28. The maximum atomic E-state index is 3.58. The molecule has 0 amide bonds. The zero-order chi connectivity index (χ0) is 10.7. The van der Waals surface area contributed by atoms with Crippen LogP contribution in [0.4, 0.5) is 0 Å². The van der Waals surface area contributed by atoms with Gasteiger partial charge in [-0.1, -0.05) is 0 Å². The van der Waals surface area contributed by atoms with Gasteiger partial charge in [0.1, 0.15) is 0 Å². The second-order valence-electron chi connectivity index (χ2n) is 5.22. The molecule has 2 heterocycles. The van der Waals surface area contributed by atoms with Crippen LogP contribution in [0.2, 0.25) is 0 Å². The summed E-state index contributed by atoms with van der Waals surface area (Å²) in [6, 6.07) is 1.49. The third kappa shape index (κ3) is 3.16. The Balaban J connectivity index is 1.68. The summed E-state index contributed by atoms with van der Waals surface area (Å²) in [7, 11) is 0. The Bertz CT molecular complexity index is 179. The Hall–Kier alpha value is -0.120. The van der Waals surface area contributed by atoms with Gasteiger partial charge in [0.15, 0.2) is 0 Å². The van der Waals surface area contributed by atoms with E-state index in [9.17, 15) is 0 Å². The average molecular weight is 211 g/mol. The summed E-state index contributed by atoms with van der Waals surface area (Å²) in [6.45, 7) is 12.1. The quantitative estimate of drug-likeness (QED) is 0.744. The van der Waals surface area contributed by atoms with Crippen LogP contribution < -0.4 is 5.32 Å². The molecule has 0 aromatic carbocycles. The van der Waals surface area contributed by atoms with Crippen LogP contribution >= 0.6 is 0 Å².